The quantitative estimate of drug-likeness (QED) is 0.587. The third-order valence-corrected chi connectivity index (χ3v) is 4.28. The van der Waals surface area contributed by atoms with E-state index in [0.29, 0.717) is 37.8 Å². The summed E-state index contributed by atoms with van der Waals surface area (Å²) in [5.74, 6) is 1.24. The highest BCUT2D eigenvalue weighted by molar-refractivity contribution is 5.87. The summed E-state index contributed by atoms with van der Waals surface area (Å²) >= 11 is 0. The Hall–Kier alpha value is -2.70. The van der Waals surface area contributed by atoms with Gasteiger partial charge >= 0.3 is 0 Å². The Morgan fingerprint density at radius 1 is 1.27 bits per heavy atom. The molecule has 3 rings (SSSR count). The van der Waals surface area contributed by atoms with Crippen LogP contribution in [0.15, 0.2) is 33.9 Å². The van der Waals surface area contributed by atoms with Crippen molar-refractivity contribution in [3.8, 4) is 11.4 Å². The van der Waals surface area contributed by atoms with Crippen LogP contribution in [0.2, 0.25) is 0 Å². The number of hydrogen-bond acceptors (Lipinski definition) is 6. The van der Waals surface area contributed by atoms with Crippen LogP contribution in [-0.4, -0.2) is 46.4 Å². The van der Waals surface area contributed by atoms with Crippen LogP contribution in [0.5, 0.6) is 0 Å². The summed E-state index contributed by atoms with van der Waals surface area (Å²) in [6, 6.07) is 7.71. The van der Waals surface area contributed by atoms with E-state index in [1.165, 1.54) is 0 Å². The molecule has 1 aliphatic rings. The number of amides is 1. The highest BCUT2D eigenvalue weighted by atomic mass is 16.6. The summed E-state index contributed by atoms with van der Waals surface area (Å²) in [6.07, 6.45) is 2.91. The number of likely N-dealkylation sites (tertiary alicyclic amines) is 1. The van der Waals surface area contributed by atoms with E-state index < -0.39 is 0 Å². The third-order valence-electron chi connectivity index (χ3n) is 4.28. The van der Waals surface area contributed by atoms with Gasteiger partial charge in [-0.05, 0) is 12.0 Å². The fourth-order valence-corrected chi connectivity index (χ4v) is 2.81. The number of aryl methyl sites for hydroxylation is 1. The number of oxime groups is 1. The summed E-state index contributed by atoms with van der Waals surface area (Å²) in [7, 11) is 0. The van der Waals surface area contributed by atoms with Crippen LogP contribution in [0.25, 0.3) is 11.4 Å². The van der Waals surface area contributed by atoms with Gasteiger partial charge in [-0.25, -0.2) is 0 Å². The lowest BCUT2D eigenvalue weighted by molar-refractivity contribution is -0.130. The number of aromatic nitrogens is 2. The van der Waals surface area contributed by atoms with Crippen molar-refractivity contribution in [3.05, 3.63) is 35.7 Å². The predicted molar refractivity (Wildman–Crippen MR) is 97.7 cm³/mol. The number of carbonyl (C=O) groups excluding carboxylic acids is 1. The molecule has 1 aromatic heterocycles. The van der Waals surface area contributed by atoms with Gasteiger partial charge in [-0.3, -0.25) is 4.79 Å². The first-order valence-electron chi connectivity index (χ1n) is 9.01. The van der Waals surface area contributed by atoms with Crippen molar-refractivity contribution in [3.63, 3.8) is 0 Å². The Morgan fingerprint density at radius 2 is 2.00 bits per heavy atom. The van der Waals surface area contributed by atoms with Crippen LogP contribution in [0.1, 0.15) is 37.6 Å². The number of benzene rings is 1. The van der Waals surface area contributed by atoms with Crippen LogP contribution >= 0.6 is 0 Å². The van der Waals surface area contributed by atoms with Gasteiger partial charge in [0, 0.05) is 38.4 Å². The smallest absolute Gasteiger partial charge is 0.227 e. The summed E-state index contributed by atoms with van der Waals surface area (Å²) in [6.45, 7) is 5.86. The van der Waals surface area contributed by atoms with Gasteiger partial charge in [0.05, 0.1) is 12.1 Å². The number of carbonyl (C=O) groups is 1. The molecule has 1 aromatic carbocycles. The monoisotopic (exact) mass is 356 g/mol. The minimum Gasteiger partial charge on any atom is -0.396 e. The van der Waals surface area contributed by atoms with Crippen molar-refractivity contribution >= 4 is 11.6 Å². The predicted octanol–water partition coefficient (Wildman–Crippen LogP) is 2.99. The zero-order valence-electron chi connectivity index (χ0n) is 15.3. The largest absolute Gasteiger partial charge is 0.396 e. The Morgan fingerprint density at radius 3 is 2.62 bits per heavy atom. The number of hydrogen-bond donors (Lipinski definition) is 0. The maximum atomic E-state index is 12.5. The fourth-order valence-electron chi connectivity index (χ4n) is 2.81. The lowest BCUT2D eigenvalue weighted by atomic mass is 10.1. The summed E-state index contributed by atoms with van der Waals surface area (Å²) < 4.78 is 4.99. The molecule has 7 nitrogen and oxygen atoms in total. The second-order valence-electron chi connectivity index (χ2n) is 6.38. The van der Waals surface area contributed by atoms with Crippen molar-refractivity contribution in [2.24, 2.45) is 5.16 Å². The molecule has 0 atom stereocenters. The minimum atomic E-state index is 0.140. The van der Waals surface area contributed by atoms with Crippen LogP contribution in [0.3, 0.4) is 0 Å². The molecule has 0 aliphatic carbocycles. The highest BCUT2D eigenvalue weighted by Crippen LogP contribution is 2.17. The van der Waals surface area contributed by atoms with E-state index in [2.05, 4.69) is 22.2 Å². The SMILES string of the molecule is CCCON=C1CCN(C(=O)Cc2ccc(-c3noc(C)n3)cc2)CC1. The van der Waals surface area contributed by atoms with Gasteiger partial charge in [0.15, 0.2) is 0 Å². The van der Waals surface area contributed by atoms with E-state index in [1.54, 1.807) is 6.92 Å². The molecule has 7 heteroatoms. The van der Waals surface area contributed by atoms with Gasteiger partial charge < -0.3 is 14.3 Å². The van der Waals surface area contributed by atoms with Gasteiger partial charge in [-0.15, -0.1) is 0 Å². The molecule has 1 fully saturated rings. The van der Waals surface area contributed by atoms with Gasteiger partial charge in [0.1, 0.15) is 6.61 Å². The molecule has 0 bridgehead atoms. The first-order chi connectivity index (χ1) is 12.7. The normalized spacial score (nSPS) is 14.4. The van der Waals surface area contributed by atoms with Crippen LogP contribution in [0, 0.1) is 6.92 Å². The topological polar surface area (TPSA) is 80.8 Å². The second kappa shape index (κ2) is 8.60. The molecule has 0 radical (unpaired) electrons. The van der Waals surface area contributed by atoms with Gasteiger partial charge in [0.25, 0.3) is 0 Å². The van der Waals surface area contributed by atoms with Crippen LogP contribution in [0.4, 0.5) is 0 Å². The number of piperidine rings is 1. The zero-order valence-corrected chi connectivity index (χ0v) is 15.3. The summed E-state index contributed by atoms with van der Waals surface area (Å²) in [5, 5.41) is 8.05. The molecule has 2 aromatic rings. The Bertz CT molecular complexity index is 757. The number of nitrogens with zero attached hydrogens (tertiary/aromatic N) is 4. The highest BCUT2D eigenvalue weighted by Gasteiger charge is 2.20. The molecule has 0 saturated carbocycles. The van der Waals surface area contributed by atoms with Crippen molar-refractivity contribution in [2.45, 2.75) is 39.5 Å². The van der Waals surface area contributed by atoms with Crippen molar-refractivity contribution in [1.82, 2.24) is 15.0 Å². The van der Waals surface area contributed by atoms with E-state index in [1.807, 2.05) is 29.2 Å². The molecule has 1 amide bonds. The molecule has 2 heterocycles. The Balaban J connectivity index is 1.51. The van der Waals surface area contributed by atoms with Gasteiger partial charge in [-0.2, -0.15) is 4.98 Å². The van der Waals surface area contributed by atoms with E-state index >= 15 is 0 Å². The first kappa shape index (κ1) is 18.1. The fraction of sp³-hybridized carbons (Fsp3) is 0.474. The second-order valence-corrected chi connectivity index (χ2v) is 6.38. The maximum Gasteiger partial charge on any atom is 0.227 e. The summed E-state index contributed by atoms with van der Waals surface area (Å²) in [5.41, 5.74) is 2.90. The zero-order chi connectivity index (χ0) is 18.4. The Labute approximate surface area is 153 Å². The van der Waals surface area contributed by atoms with Crippen LogP contribution in [-0.2, 0) is 16.1 Å². The van der Waals surface area contributed by atoms with E-state index in [9.17, 15) is 4.79 Å². The van der Waals surface area contributed by atoms with Crippen molar-refractivity contribution in [1.29, 1.82) is 0 Å². The van der Waals surface area contributed by atoms with E-state index in [-0.39, 0.29) is 5.91 Å². The molecule has 0 spiro atoms. The molecule has 0 unspecified atom stereocenters. The van der Waals surface area contributed by atoms with E-state index in [4.69, 9.17) is 9.36 Å². The lowest BCUT2D eigenvalue weighted by Gasteiger charge is -2.27. The molecule has 1 saturated heterocycles. The van der Waals surface area contributed by atoms with E-state index in [0.717, 1.165) is 36.1 Å². The standard InChI is InChI=1S/C19H24N4O3/c1-3-12-25-21-17-8-10-23(11-9-17)18(24)13-15-4-6-16(7-5-15)19-20-14(2)26-22-19/h4-7H,3,8-13H2,1-2H3. The maximum absolute atomic E-state index is 12.5. The number of rotatable bonds is 6. The molecule has 1 aliphatic heterocycles. The molecule has 0 N–H and O–H groups in total. The molecule has 138 valence electrons. The van der Waals surface area contributed by atoms with Gasteiger partial charge in [0.2, 0.25) is 17.6 Å². The molecular formula is C19H24N4O3. The lowest BCUT2D eigenvalue weighted by Crippen LogP contribution is -2.39. The van der Waals surface area contributed by atoms with Crippen molar-refractivity contribution in [2.75, 3.05) is 19.7 Å². The van der Waals surface area contributed by atoms with Crippen LogP contribution < -0.4 is 0 Å². The average molecular weight is 356 g/mol. The summed E-state index contributed by atoms with van der Waals surface area (Å²) in [4.78, 5) is 23.8. The Kier molecular flexibility index (Phi) is 5.99. The first-order valence-corrected chi connectivity index (χ1v) is 9.01. The molecule has 26 heavy (non-hydrogen) atoms. The average Bonchev–Trinajstić information content (AvgIpc) is 3.09. The third kappa shape index (κ3) is 4.68. The minimum absolute atomic E-state index is 0.140. The molecular weight excluding hydrogens is 332 g/mol. The van der Waals surface area contributed by atoms with Gasteiger partial charge in [-0.1, -0.05) is 41.5 Å². The van der Waals surface area contributed by atoms with Crippen molar-refractivity contribution < 1.29 is 14.2 Å².